The number of nitrogens with zero attached hydrogens (tertiary/aromatic N) is 2. The van der Waals surface area contributed by atoms with Crippen LogP contribution >= 0.6 is 0 Å². The van der Waals surface area contributed by atoms with Crippen LogP contribution in [0.4, 0.5) is 17.1 Å². The second-order valence-electron chi connectivity index (χ2n) is 10.6. The molecule has 8 aromatic rings. The topological polar surface area (TPSA) is 8.17 Å². The summed E-state index contributed by atoms with van der Waals surface area (Å²) in [5, 5.41) is 7.60. The van der Waals surface area contributed by atoms with E-state index in [-0.39, 0.29) is 0 Å². The average molecular weight is 509 g/mol. The third kappa shape index (κ3) is 2.82. The first-order chi connectivity index (χ1) is 19.9. The molecule has 0 atom stereocenters. The van der Waals surface area contributed by atoms with E-state index >= 15 is 0 Å². The predicted molar refractivity (Wildman–Crippen MR) is 169 cm³/mol. The van der Waals surface area contributed by atoms with E-state index in [4.69, 9.17) is 0 Å². The monoisotopic (exact) mass is 508 g/mol. The van der Waals surface area contributed by atoms with Crippen LogP contribution in [0, 0.1) is 0 Å². The predicted octanol–water partition coefficient (Wildman–Crippen LogP) is 10.5. The molecule has 0 bridgehead atoms. The van der Waals surface area contributed by atoms with Crippen LogP contribution in [0.3, 0.4) is 0 Å². The van der Waals surface area contributed by atoms with Gasteiger partial charge in [0.25, 0.3) is 0 Å². The molecule has 0 N–H and O–H groups in total. The Bertz CT molecular complexity index is 2280. The molecule has 1 aromatic heterocycles. The summed E-state index contributed by atoms with van der Waals surface area (Å²) in [7, 11) is 0. The van der Waals surface area contributed by atoms with Gasteiger partial charge in [-0.05, 0) is 57.6 Å². The molecule has 0 aliphatic carbocycles. The van der Waals surface area contributed by atoms with E-state index in [1.807, 2.05) is 0 Å². The van der Waals surface area contributed by atoms with E-state index in [1.165, 1.54) is 77.2 Å². The molecule has 2 heteroatoms. The minimum absolute atomic E-state index is 1.19. The van der Waals surface area contributed by atoms with Crippen molar-refractivity contribution in [2.75, 3.05) is 4.90 Å². The van der Waals surface area contributed by atoms with Crippen LogP contribution in [0.15, 0.2) is 146 Å². The molecule has 0 radical (unpaired) electrons. The van der Waals surface area contributed by atoms with E-state index in [0.29, 0.717) is 0 Å². The third-order valence-corrected chi connectivity index (χ3v) is 8.50. The summed E-state index contributed by atoms with van der Waals surface area (Å²) in [6, 6.07) is 53.0. The van der Waals surface area contributed by atoms with Crippen LogP contribution in [-0.4, -0.2) is 4.57 Å². The van der Waals surface area contributed by atoms with Crippen molar-refractivity contribution in [2.24, 2.45) is 0 Å². The molecule has 40 heavy (non-hydrogen) atoms. The van der Waals surface area contributed by atoms with Gasteiger partial charge in [0.1, 0.15) is 0 Å². The number of fused-ring (bicyclic) bond motifs is 7. The first-order valence-electron chi connectivity index (χ1n) is 13.8. The molecule has 0 spiro atoms. The number of hydrogen-bond donors (Lipinski definition) is 0. The van der Waals surface area contributed by atoms with Crippen molar-refractivity contribution in [1.29, 1.82) is 0 Å². The Balaban J connectivity index is 1.37. The van der Waals surface area contributed by atoms with Gasteiger partial charge in [-0.25, -0.2) is 0 Å². The Labute approximate surface area is 232 Å². The third-order valence-electron chi connectivity index (χ3n) is 8.50. The molecule has 7 aromatic carbocycles. The minimum atomic E-state index is 1.19. The molecule has 0 saturated heterocycles. The van der Waals surface area contributed by atoms with Crippen molar-refractivity contribution in [1.82, 2.24) is 4.57 Å². The maximum absolute atomic E-state index is 2.46. The van der Waals surface area contributed by atoms with Gasteiger partial charge in [0.15, 0.2) is 0 Å². The molecule has 2 heterocycles. The standard InChI is InChI=1S/C38H24N2/c1-2-13-26-25(11-1)12-9-17-27(26)29-23-24-34(30-15-4-3-14-28(29)30)39-35-20-7-8-21-36(35)40-33-19-6-5-16-31(33)32-18-10-22-37(39)38(32)40/h1-24H. The van der Waals surface area contributed by atoms with Crippen molar-refractivity contribution in [3.63, 3.8) is 0 Å². The second kappa shape index (κ2) is 8.08. The summed E-state index contributed by atoms with van der Waals surface area (Å²) in [6.07, 6.45) is 0. The Hall–Kier alpha value is -5.34. The molecule has 9 rings (SSSR count). The lowest BCUT2D eigenvalue weighted by Crippen LogP contribution is -2.18. The first kappa shape index (κ1) is 21.6. The van der Waals surface area contributed by atoms with E-state index < -0.39 is 0 Å². The quantitative estimate of drug-likeness (QED) is 0.225. The highest BCUT2D eigenvalue weighted by atomic mass is 15.2. The van der Waals surface area contributed by atoms with Crippen LogP contribution < -0.4 is 4.90 Å². The lowest BCUT2D eigenvalue weighted by molar-refractivity contribution is 1.11. The van der Waals surface area contributed by atoms with Crippen molar-refractivity contribution in [3.05, 3.63) is 146 Å². The van der Waals surface area contributed by atoms with Crippen LogP contribution in [0.1, 0.15) is 0 Å². The molecule has 0 fully saturated rings. The van der Waals surface area contributed by atoms with Gasteiger partial charge in [-0.1, -0.05) is 115 Å². The van der Waals surface area contributed by atoms with Gasteiger partial charge in [-0.15, -0.1) is 0 Å². The number of anilines is 3. The van der Waals surface area contributed by atoms with E-state index in [2.05, 4.69) is 155 Å². The van der Waals surface area contributed by atoms with E-state index in [1.54, 1.807) is 0 Å². The largest absolute Gasteiger partial charge is 0.306 e. The fourth-order valence-electron chi connectivity index (χ4n) is 6.84. The summed E-state index contributed by atoms with van der Waals surface area (Å²) < 4.78 is 2.44. The number of hydrogen-bond acceptors (Lipinski definition) is 1. The summed E-state index contributed by atoms with van der Waals surface area (Å²) in [4.78, 5) is 2.46. The van der Waals surface area contributed by atoms with E-state index in [0.717, 1.165) is 0 Å². The lowest BCUT2D eigenvalue weighted by atomic mass is 9.92. The smallest absolute Gasteiger partial charge is 0.0783 e. The van der Waals surface area contributed by atoms with Crippen LogP contribution in [0.2, 0.25) is 0 Å². The normalized spacial score (nSPS) is 12.4. The molecule has 0 saturated carbocycles. The van der Waals surface area contributed by atoms with Crippen molar-refractivity contribution in [3.8, 4) is 16.8 Å². The maximum Gasteiger partial charge on any atom is 0.0783 e. The van der Waals surface area contributed by atoms with Gasteiger partial charge in [-0.3, -0.25) is 0 Å². The van der Waals surface area contributed by atoms with Gasteiger partial charge in [0.05, 0.1) is 33.8 Å². The van der Waals surface area contributed by atoms with Crippen LogP contribution in [0.25, 0.3) is 60.2 Å². The van der Waals surface area contributed by atoms with Crippen molar-refractivity contribution in [2.45, 2.75) is 0 Å². The zero-order chi connectivity index (χ0) is 26.2. The Morgan fingerprint density at radius 3 is 1.82 bits per heavy atom. The molecular weight excluding hydrogens is 484 g/mol. The maximum atomic E-state index is 2.46. The molecular formula is C38H24N2. The molecule has 0 amide bonds. The SMILES string of the molecule is c1ccc2c(c1)N(c1ccc(-c3cccc4ccccc34)c3ccccc13)c1cccc3c4ccccc4n-2c13. The highest BCUT2D eigenvalue weighted by molar-refractivity contribution is 6.18. The fourth-order valence-corrected chi connectivity index (χ4v) is 6.84. The molecule has 0 unspecified atom stereocenters. The highest BCUT2D eigenvalue weighted by Crippen LogP contribution is 2.51. The molecule has 1 aliphatic heterocycles. The molecule has 1 aliphatic rings. The zero-order valence-corrected chi connectivity index (χ0v) is 21.8. The van der Waals surface area contributed by atoms with Crippen LogP contribution in [0.5, 0.6) is 0 Å². The summed E-state index contributed by atoms with van der Waals surface area (Å²) >= 11 is 0. The Kier molecular flexibility index (Phi) is 4.36. The number of para-hydroxylation sites is 4. The Morgan fingerprint density at radius 2 is 0.925 bits per heavy atom. The molecule has 2 nitrogen and oxygen atoms in total. The highest BCUT2D eigenvalue weighted by Gasteiger charge is 2.29. The van der Waals surface area contributed by atoms with Gasteiger partial charge >= 0.3 is 0 Å². The average Bonchev–Trinajstić information content (AvgIpc) is 3.37. The van der Waals surface area contributed by atoms with E-state index in [9.17, 15) is 0 Å². The number of rotatable bonds is 2. The van der Waals surface area contributed by atoms with Gasteiger partial charge in [-0.2, -0.15) is 0 Å². The first-order valence-corrected chi connectivity index (χ1v) is 13.8. The van der Waals surface area contributed by atoms with Crippen LogP contribution in [-0.2, 0) is 0 Å². The summed E-state index contributed by atoms with van der Waals surface area (Å²) in [6.45, 7) is 0. The second-order valence-corrected chi connectivity index (χ2v) is 10.6. The Morgan fingerprint density at radius 1 is 0.325 bits per heavy atom. The van der Waals surface area contributed by atoms with Gasteiger partial charge in [0, 0.05) is 16.2 Å². The number of benzene rings is 7. The minimum Gasteiger partial charge on any atom is -0.306 e. The summed E-state index contributed by atoms with van der Waals surface area (Å²) in [5.74, 6) is 0. The number of aromatic nitrogens is 1. The van der Waals surface area contributed by atoms with Gasteiger partial charge < -0.3 is 9.47 Å². The zero-order valence-electron chi connectivity index (χ0n) is 21.8. The van der Waals surface area contributed by atoms with Gasteiger partial charge in [0.2, 0.25) is 0 Å². The van der Waals surface area contributed by atoms with Crippen molar-refractivity contribution >= 4 is 60.4 Å². The fraction of sp³-hybridized carbons (Fsp3) is 0. The summed E-state index contributed by atoms with van der Waals surface area (Å²) in [5.41, 5.74) is 9.81. The van der Waals surface area contributed by atoms with Crippen molar-refractivity contribution < 1.29 is 0 Å². The molecule has 186 valence electrons. The lowest BCUT2D eigenvalue weighted by Gasteiger charge is -2.34.